The number of hydrogen-bond acceptors (Lipinski definition) is 0. The molecule has 0 aliphatic heterocycles. The van der Waals surface area contributed by atoms with E-state index in [4.69, 9.17) is 0 Å². The molecule has 0 saturated carbocycles. The molecular formula is C26H21P. The molecule has 0 aliphatic carbocycles. The quantitative estimate of drug-likeness (QED) is 0.310. The van der Waals surface area contributed by atoms with Crippen LogP contribution < -0.4 is 0 Å². The van der Waals surface area contributed by atoms with Gasteiger partial charge in [-0.3, -0.25) is 0 Å². The third kappa shape index (κ3) is 2.94. The summed E-state index contributed by atoms with van der Waals surface area (Å²) < 4.78 is 0. The van der Waals surface area contributed by atoms with E-state index in [2.05, 4.69) is 92.1 Å². The smallest absolute Gasteiger partial charge is 0.0281 e. The zero-order valence-corrected chi connectivity index (χ0v) is 17.0. The third-order valence-corrected chi connectivity index (χ3v) is 7.51. The van der Waals surface area contributed by atoms with Crippen molar-refractivity contribution >= 4 is 28.5 Å². The van der Waals surface area contributed by atoms with Gasteiger partial charge in [0, 0.05) is 21.4 Å². The van der Waals surface area contributed by atoms with Gasteiger partial charge in [0.1, 0.15) is 0 Å². The molecule has 0 saturated heterocycles. The molecule has 0 radical (unpaired) electrons. The highest BCUT2D eigenvalue weighted by atomic mass is 31.1. The van der Waals surface area contributed by atoms with E-state index in [0.717, 1.165) is 11.1 Å². The fourth-order valence-electron chi connectivity index (χ4n) is 3.71. The van der Waals surface area contributed by atoms with Crippen molar-refractivity contribution < 1.29 is 0 Å². The second kappa shape index (κ2) is 7.00. The molecule has 0 nitrogen and oxygen atoms in total. The Bertz CT molecular complexity index is 1210. The predicted octanol–water partition coefficient (Wildman–Crippen LogP) is 7.33. The van der Waals surface area contributed by atoms with E-state index in [1.807, 2.05) is 13.8 Å². The zero-order valence-electron chi connectivity index (χ0n) is 16.1. The molecule has 0 atom stereocenters. The summed E-state index contributed by atoms with van der Waals surface area (Å²) in [4.78, 5) is 0. The molecule has 4 rings (SSSR count). The van der Waals surface area contributed by atoms with E-state index in [1.165, 1.54) is 37.4 Å². The van der Waals surface area contributed by atoms with Crippen molar-refractivity contribution in [1.29, 1.82) is 0 Å². The number of hydrogen-bond donors (Lipinski definition) is 0. The fourth-order valence-corrected chi connectivity index (χ4v) is 6.49. The Hall–Kier alpha value is -2.92. The lowest BCUT2D eigenvalue weighted by Gasteiger charge is -2.05. The normalized spacial score (nSPS) is 10.4. The molecule has 3 aromatic carbocycles. The molecule has 1 heteroatoms. The van der Waals surface area contributed by atoms with Crippen molar-refractivity contribution in [3.8, 4) is 29.0 Å². The van der Waals surface area contributed by atoms with Crippen LogP contribution in [0.4, 0.5) is 0 Å². The minimum Gasteiger partial charge on any atom is -0.101 e. The Labute approximate surface area is 162 Å². The average molecular weight is 364 g/mol. The van der Waals surface area contributed by atoms with Crippen LogP contribution in [0.15, 0.2) is 54.6 Å². The highest BCUT2D eigenvalue weighted by molar-refractivity contribution is 7.67. The Morgan fingerprint density at radius 1 is 0.667 bits per heavy atom. The standard InChI is InChI=1S/C26H21P/c1-5-10-20-16-23-24-17-21(11-6-2)19(4)15-26(24)27(25(23)14-18(20)3)22-12-8-7-9-13-22/h7-9,12-17H,1-4H3. The molecule has 0 unspecified atom stereocenters. The van der Waals surface area contributed by atoms with E-state index in [0.29, 0.717) is 0 Å². The number of benzene rings is 3. The monoisotopic (exact) mass is 364 g/mol. The molecule has 0 aliphatic rings. The van der Waals surface area contributed by atoms with E-state index in [9.17, 15) is 0 Å². The maximum absolute atomic E-state index is 3.27. The summed E-state index contributed by atoms with van der Waals surface area (Å²) >= 11 is 0. The highest BCUT2D eigenvalue weighted by Gasteiger charge is 2.16. The molecule has 0 spiro atoms. The molecule has 0 amide bonds. The SMILES string of the molecule is CC#Cc1cc2c3cc(C#CC)c(C)cc3p(-c3ccccc3)c2cc1C. The van der Waals surface area contributed by atoms with Crippen molar-refractivity contribution in [3.05, 3.63) is 76.9 Å². The Balaban J connectivity index is 2.21. The van der Waals surface area contributed by atoms with Gasteiger partial charge in [0.15, 0.2) is 0 Å². The van der Waals surface area contributed by atoms with E-state index in [-0.39, 0.29) is 0 Å². The van der Waals surface area contributed by atoms with Crippen LogP contribution in [0, 0.1) is 37.5 Å². The van der Waals surface area contributed by atoms with E-state index >= 15 is 0 Å². The Kier molecular flexibility index (Phi) is 4.54. The Morgan fingerprint density at radius 3 is 1.59 bits per heavy atom. The molecular weight excluding hydrogens is 343 g/mol. The second-order valence-electron chi connectivity index (χ2n) is 6.79. The largest absolute Gasteiger partial charge is 0.101 e. The molecule has 1 heterocycles. The van der Waals surface area contributed by atoms with Crippen LogP contribution in [0.5, 0.6) is 0 Å². The molecule has 1 aromatic heterocycles. The topological polar surface area (TPSA) is 0 Å². The highest BCUT2D eigenvalue weighted by Crippen LogP contribution is 2.55. The second-order valence-corrected chi connectivity index (χ2v) is 8.94. The van der Waals surface area contributed by atoms with Gasteiger partial charge in [-0.05, 0) is 79.2 Å². The summed E-state index contributed by atoms with van der Waals surface area (Å²) in [5.74, 6) is 12.7. The minimum absolute atomic E-state index is 0.544. The lowest BCUT2D eigenvalue weighted by atomic mass is 10.0. The van der Waals surface area contributed by atoms with Gasteiger partial charge in [-0.15, -0.1) is 11.8 Å². The van der Waals surface area contributed by atoms with Crippen molar-refractivity contribution in [2.45, 2.75) is 27.7 Å². The first kappa shape index (κ1) is 17.5. The van der Waals surface area contributed by atoms with Gasteiger partial charge in [-0.25, -0.2) is 0 Å². The van der Waals surface area contributed by atoms with Crippen LogP contribution in [-0.4, -0.2) is 0 Å². The van der Waals surface area contributed by atoms with Crippen LogP contribution in [0.25, 0.3) is 26.3 Å². The van der Waals surface area contributed by atoms with Crippen LogP contribution in [0.3, 0.4) is 0 Å². The van der Waals surface area contributed by atoms with E-state index in [1.54, 1.807) is 0 Å². The van der Waals surface area contributed by atoms with Gasteiger partial charge >= 0.3 is 0 Å². The van der Waals surface area contributed by atoms with Crippen molar-refractivity contribution in [2.75, 3.05) is 0 Å². The van der Waals surface area contributed by atoms with Gasteiger partial charge in [0.25, 0.3) is 0 Å². The number of rotatable bonds is 1. The minimum atomic E-state index is -0.544. The van der Waals surface area contributed by atoms with E-state index < -0.39 is 7.53 Å². The number of fused-ring (bicyclic) bond motifs is 3. The van der Waals surface area contributed by atoms with Crippen LogP contribution in [0.2, 0.25) is 0 Å². The van der Waals surface area contributed by atoms with Gasteiger partial charge in [-0.2, -0.15) is 0 Å². The first-order valence-corrected chi connectivity index (χ1v) is 10.5. The predicted molar refractivity (Wildman–Crippen MR) is 120 cm³/mol. The van der Waals surface area contributed by atoms with Crippen LogP contribution >= 0.6 is 7.53 Å². The van der Waals surface area contributed by atoms with Crippen LogP contribution in [0.1, 0.15) is 36.1 Å². The van der Waals surface area contributed by atoms with Gasteiger partial charge < -0.3 is 0 Å². The molecule has 0 bridgehead atoms. The summed E-state index contributed by atoms with van der Waals surface area (Å²) in [6.45, 7) is 8.13. The van der Waals surface area contributed by atoms with Gasteiger partial charge in [-0.1, -0.05) is 49.7 Å². The van der Waals surface area contributed by atoms with Crippen molar-refractivity contribution in [1.82, 2.24) is 0 Å². The average Bonchev–Trinajstić information content (AvgIpc) is 2.96. The van der Waals surface area contributed by atoms with Crippen molar-refractivity contribution in [2.24, 2.45) is 0 Å². The van der Waals surface area contributed by atoms with Gasteiger partial charge in [0.2, 0.25) is 0 Å². The summed E-state index contributed by atoms with van der Waals surface area (Å²) in [5, 5.41) is 6.91. The van der Waals surface area contributed by atoms with Crippen LogP contribution in [-0.2, 0) is 0 Å². The third-order valence-electron chi connectivity index (χ3n) is 4.99. The maximum Gasteiger partial charge on any atom is 0.0281 e. The summed E-state index contributed by atoms with van der Waals surface area (Å²) in [6.07, 6.45) is 0. The lowest BCUT2D eigenvalue weighted by Crippen LogP contribution is -1.83. The Morgan fingerprint density at radius 2 is 1.15 bits per heavy atom. The first-order chi connectivity index (χ1) is 13.1. The summed E-state index contributed by atoms with van der Waals surface area (Å²) in [5.41, 5.74) is 4.75. The molecule has 0 N–H and O–H groups in total. The molecule has 4 aromatic rings. The van der Waals surface area contributed by atoms with Crippen molar-refractivity contribution in [3.63, 3.8) is 0 Å². The lowest BCUT2D eigenvalue weighted by molar-refractivity contribution is 1.47. The van der Waals surface area contributed by atoms with Gasteiger partial charge in [0.05, 0.1) is 0 Å². The first-order valence-electron chi connectivity index (χ1n) is 9.14. The molecule has 0 fully saturated rings. The molecule has 130 valence electrons. The zero-order chi connectivity index (χ0) is 19.0. The fraction of sp³-hybridized carbons (Fsp3) is 0.154. The summed E-state index contributed by atoms with van der Waals surface area (Å²) in [6, 6.07) is 20.2. The number of aryl methyl sites for hydroxylation is 2. The summed E-state index contributed by atoms with van der Waals surface area (Å²) in [7, 11) is -0.544. The maximum atomic E-state index is 3.27. The molecule has 27 heavy (non-hydrogen) atoms.